The summed E-state index contributed by atoms with van der Waals surface area (Å²) in [7, 11) is 0. The molecule has 2 N–H and O–H groups in total. The molecular weight excluding hydrogens is 238 g/mol. The highest BCUT2D eigenvalue weighted by Gasteiger charge is 2.14. The van der Waals surface area contributed by atoms with Crippen LogP contribution >= 0.6 is 0 Å². The third-order valence-electron chi connectivity index (χ3n) is 2.93. The molecule has 4 heteroatoms. The van der Waals surface area contributed by atoms with E-state index >= 15 is 0 Å². The van der Waals surface area contributed by atoms with Gasteiger partial charge in [0, 0.05) is 31.2 Å². The third kappa shape index (κ3) is 3.31. The van der Waals surface area contributed by atoms with Crippen LogP contribution in [-0.2, 0) is 6.54 Å². The Kier molecular flexibility index (Phi) is 4.13. The molecule has 0 aliphatic carbocycles. The lowest BCUT2D eigenvalue weighted by atomic mass is 10.1. The van der Waals surface area contributed by atoms with Crippen molar-refractivity contribution in [2.24, 2.45) is 0 Å². The standard InChI is InChI=1S/C15H17N3O/c1-2-18(11-12-5-7-14(16)8-6-12)15(19)13-4-3-9-17-10-13/h3-10H,2,11,16H2,1H3. The second kappa shape index (κ2) is 6.00. The van der Waals surface area contributed by atoms with E-state index in [0.717, 1.165) is 11.3 Å². The number of carbonyl (C=O) groups excluding carboxylic acids is 1. The normalized spacial score (nSPS) is 10.2. The molecule has 0 atom stereocenters. The predicted octanol–water partition coefficient (Wildman–Crippen LogP) is 2.33. The Balaban J connectivity index is 2.12. The summed E-state index contributed by atoms with van der Waals surface area (Å²) in [5.74, 6) is -0.00701. The molecule has 1 aromatic carbocycles. The number of carbonyl (C=O) groups is 1. The van der Waals surface area contributed by atoms with E-state index in [1.54, 1.807) is 29.4 Å². The summed E-state index contributed by atoms with van der Waals surface area (Å²) in [4.78, 5) is 18.1. The second-order valence-corrected chi connectivity index (χ2v) is 4.30. The number of nitrogens with zero attached hydrogens (tertiary/aromatic N) is 2. The van der Waals surface area contributed by atoms with Gasteiger partial charge < -0.3 is 10.6 Å². The van der Waals surface area contributed by atoms with Crippen molar-refractivity contribution in [3.8, 4) is 0 Å². The summed E-state index contributed by atoms with van der Waals surface area (Å²) in [5, 5.41) is 0. The number of hydrogen-bond donors (Lipinski definition) is 1. The van der Waals surface area contributed by atoms with Gasteiger partial charge in [-0.15, -0.1) is 0 Å². The van der Waals surface area contributed by atoms with Gasteiger partial charge in [-0.1, -0.05) is 12.1 Å². The second-order valence-electron chi connectivity index (χ2n) is 4.30. The van der Waals surface area contributed by atoms with Crippen molar-refractivity contribution in [3.63, 3.8) is 0 Å². The number of aromatic nitrogens is 1. The maximum Gasteiger partial charge on any atom is 0.255 e. The number of anilines is 1. The smallest absolute Gasteiger partial charge is 0.255 e. The summed E-state index contributed by atoms with van der Waals surface area (Å²) in [6.07, 6.45) is 3.25. The first-order chi connectivity index (χ1) is 9.20. The van der Waals surface area contributed by atoms with E-state index in [0.29, 0.717) is 18.7 Å². The zero-order valence-electron chi connectivity index (χ0n) is 10.9. The van der Waals surface area contributed by atoms with E-state index in [4.69, 9.17) is 5.73 Å². The fourth-order valence-electron chi connectivity index (χ4n) is 1.84. The Morgan fingerprint density at radius 3 is 2.58 bits per heavy atom. The van der Waals surface area contributed by atoms with Crippen LogP contribution < -0.4 is 5.73 Å². The molecule has 2 rings (SSSR count). The minimum atomic E-state index is -0.00701. The highest BCUT2D eigenvalue weighted by atomic mass is 16.2. The van der Waals surface area contributed by atoms with E-state index in [1.165, 1.54) is 0 Å². The van der Waals surface area contributed by atoms with Crippen LogP contribution in [0.5, 0.6) is 0 Å². The molecule has 0 saturated carbocycles. The number of amides is 1. The molecule has 1 heterocycles. The molecule has 19 heavy (non-hydrogen) atoms. The molecule has 0 saturated heterocycles. The van der Waals surface area contributed by atoms with Crippen LogP contribution in [0.1, 0.15) is 22.8 Å². The summed E-state index contributed by atoms with van der Waals surface area (Å²) < 4.78 is 0. The quantitative estimate of drug-likeness (QED) is 0.853. The van der Waals surface area contributed by atoms with Crippen molar-refractivity contribution in [3.05, 3.63) is 59.9 Å². The monoisotopic (exact) mass is 255 g/mol. The van der Waals surface area contributed by atoms with Gasteiger partial charge in [0.05, 0.1) is 5.56 Å². The van der Waals surface area contributed by atoms with Gasteiger partial charge in [0.1, 0.15) is 0 Å². The predicted molar refractivity (Wildman–Crippen MR) is 75.5 cm³/mol. The van der Waals surface area contributed by atoms with Crippen LogP contribution in [-0.4, -0.2) is 22.3 Å². The number of nitrogen functional groups attached to an aromatic ring is 1. The highest BCUT2D eigenvalue weighted by molar-refractivity contribution is 5.93. The fourth-order valence-corrected chi connectivity index (χ4v) is 1.84. The Bertz CT molecular complexity index is 537. The van der Waals surface area contributed by atoms with Crippen molar-refractivity contribution < 1.29 is 4.79 Å². The first-order valence-electron chi connectivity index (χ1n) is 6.24. The lowest BCUT2D eigenvalue weighted by Crippen LogP contribution is -2.30. The molecule has 0 radical (unpaired) electrons. The Labute approximate surface area is 112 Å². The van der Waals surface area contributed by atoms with Gasteiger partial charge in [-0.2, -0.15) is 0 Å². The zero-order valence-corrected chi connectivity index (χ0v) is 10.9. The van der Waals surface area contributed by atoms with Gasteiger partial charge in [0.25, 0.3) is 5.91 Å². The van der Waals surface area contributed by atoms with Crippen LogP contribution in [0.3, 0.4) is 0 Å². The number of rotatable bonds is 4. The summed E-state index contributed by atoms with van der Waals surface area (Å²) >= 11 is 0. The number of pyridine rings is 1. The van der Waals surface area contributed by atoms with Crippen molar-refractivity contribution >= 4 is 11.6 Å². The van der Waals surface area contributed by atoms with Crippen LogP contribution in [0.4, 0.5) is 5.69 Å². The number of benzene rings is 1. The van der Waals surface area contributed by atoms with Crippen molar-refractivity contribution in [2.45, 2.75) is 13.5 Å². The molecule has 0 aliphatic heterocycles. The number of hydrogen-bond acceptors (Lipinski definition) is 3. The molecule has 98 valence electrons. The van der Waals surface area contributed by atoms with Crippen molar-refractivity contribution in [1.82, 2.24) is 9.88 Å². The van der Waals surface area contributed by atoms with Crippen molar-refractivity contribution in [2.75, 3.05) is 12.3 Å². The minimum absolute atomic E-state index is 0.00701. The first-order valence-corrected chi connectivity index (χ1v) is 6.24. The third-order valence-corrected chi connectivity index (χ3v) is 2.93. The highest BCUT2D eigenvalue weighted by Crippen LogP contribution is 2.11. The summed E-state index contributed by atoms with van der Waals surface area (Å²) in [5.41, 5.74) is 8.05. The molecule has 0 unspecified atom stereocenters. The van der Waals surface area contributed by atoms with E-state index in [9.17, 15) is 4.79 Å². The van der Waals surface area contributed by atoms with Gasteiger partial charge in [-0.25, -0.2) is 0 Å². The van der Waals surface area contributed by atoms with E-state index in [1.807, 2.05) is 31.2 Å². The largest absolute Gasteiger partial charge is 0.399 e. The number of nitrogens with two attached hydrogens (primary N) is 1. The first kappa shape index (κ1) is 13.1. The molecular formula is C15H17N3O. The van der Waals surface area contributed by atoms with E-state index in [2.05, 4.69) is 4.98 Å². The Morgan fingerprint density at radius 1 is 1.26 bits per heavy atom. The zero-order chi connectivity index (χ0) is 13.7. The average Bonchev–Trinajstić information content (AvgIpc) is 2.47. The van der Waals surface area contributed by atoms with Crippen molar-refractivity contribution in [1.29, 1.82) is 0 Å². The Hall–Kier alpha value is -2.36. The van der Waals surface area contributed by atoms with Gasteiger partial charge in [-0.3, -0.25) is 9.78 Å². The van der Waals surface area contributed by atoms with E-state index in [-0.39, 0.29) is 5.91 Å². The minimum Gasteiger partial charge on any atom is -0.399 e. The molecule has 1 aromatic heterocycles. The fraction of sp³-hybridized carbons (Fsp3) is 0.200. The van der Waals surface area contributed by atoms with Gasteiger partial charge >= 0.3 is 0 Å². The summed E-state index contributed by atoms with van der Waals surface area (Å²) in [6, 6.07) is 11.1. The lowest BCUT2D eigenvalue weighted by Gasteiger charge is -2.21. The maximum absolute atomic E-state index is 12.3. The molecule has 0 bridgehead atoms. The lowest BCUT2D eigenvalue weighted by molar-refractivity contribution is 0.0752. The van der Waals surface area contributed by atoms with Gasteiger partial charge in [0.2, 0.25) is 0 Å². The van der Waals surface area contributed by atoms with Crippen LogP contribution in [0, 0.1) is 0 Å². The molecule has 0 spiro atoms. The molecule has 2 aromatic rings. The Morgan fingerprint density at radius 2 is 2.00 bits per heavy atom. The van der Waals surface area contributed by atoms with E-state index < -0.39 is 0 Å². The topological polar surface area (TPSA) is 59.2 Å². The molecule has 1 amide bonds. The summed E-state index contributed by atoms with van der Waals surface area (Å²) in [6.45, 7) is 3.19. The molecule has 0 fully saturated rings. The maximum atomic E-state index is 12.3. The van der Waals surface area contributed by atoms with Gasteiger partial charge in [-0.05, 0) is 36.8 Å². The van der Waals surface area contributed by atoms with Gasteiger partial charge in [0.15, 0.2) is 0 Å². The van der Waals surface area contributed by atoms with Crippen LogP contribution in [0.15, 0.2) is 48.8 Å². The molecule has 0 aliphatic rings. The van der Waals surface area contributed by atoms with Crippen LogP contribution in [0.25, 0.3) is 0 Å². The SMILES string of the molecule is CCN(Cc1ccc(N)cc1)C(=O)c1cccnc1. The van der Waals surface area contributed by atoms with Crippen LogP contribution in [0.2, 0.25) is 0 Å². The average molecular weight is 255 g/mol. The molecule has 4 nitrogen and oxygen atoms in total.